The van der Waals surface area contributed by atoms with Crippen LogP contribution in [0, 0.1) is 6.92 Å². The molecule has 0 aliphatic rings. The van der Waals surface area contributed by atoms with Gasteiger partial charge < -0.3 is 15.0 Å². The number of nitrogens with zero attached hydrogens (tertiary/aromatic N) is 1. The second-order valence-electron chi connectivity index (χ2n) is 4.42. The Morgan fingerprint density at radius 3 is 2.61 bits per heavy atom. The third-order valence-corrected chi connectivity index (χ3v) is 3.15. The lowest BCUT2D eigenvalue weighted by atomic mass is 10.1. The van der Waals surface area contributed by atoms with Crippen molar-refractivity contribution in [1.29, 1.82) is 0 Å². The summed E-state index contributed by atoms with van der Waals surface area (Å²) in [5.41, 5.74) is 3.99. The summed E-state index contributed by atoms with van der Waals surface area (Å²) < 4.78 is 5.43. The van der Waals surface area contributed by atoms with Gasteiger partial charge in [0, 0.05) is 31.9 Å². The molecule has 0 spiro atoms. The van der Waals surface area contributed by atoms with Crippen LogP contribution in [0.1, 0.15) is 25.0 Å². The molecule has 0 fully saturated rings. The molecule has 0 amide bonds. The van der Waals surface area contributed by atoms with E-state index in [4.69, 9.17) is 4.74 Å². The van der Waals surface area contributed by atoms with Crippen LogP contribution in [0.4, 0.5) is 5.69 Å². The van der Waals surface area contributed by atoms with Gasteiger partial charge in [0.2, 0.25) is 0 Å². The van der Waals surface area contributed by atoms with Gasteiger partial charge in [0.25, 0.3) is 0 Å². The highest BCUT2D eigenvalue weighted by atomic mass is 16.5. The summed E-state index contributed by atoms with van der Waals surface area (Å²) in [6, 6.07) is 6.68. The van der Waals surface area contributed by atoms with Crippen molar-refractivity contribution in [2.24, 2.45) is 0 Å². The van der Waals surface area contributed by atoms with Crippen molar-refractivity contribution in [1.82, 2.24) is 5.32 Å². The molecule has 0 atom stereocenters. The summed E-state index contributed by atoms with van der Waals surface area (Å²) in [5.74, 6) is 0. The first kappa shape index (κ1) is 15.0. The first-order valence-electron chi connectivity index (χ1n) is 6.79. The van der Waals surface area contributed by atoms with E-state index in [2.05, 4.69) is 42.3 Å². The summed E-state index contributed by atoms with van der Waals surface area (Å²) in [6.07, 6.45) is 0. The molecule has 0 radical (unpaired) electrons. The zero-order valence-electron chi connectivity index (χ0n) is 12.1. The summed E-state index contributed by atoms with van der Waals surface area (Å²) >= 11 is 0. The lowest BCUT2D eigenvalue weighted by Crippen LogP contribution is -2.27. The van der Waals surface area contributed by atoms with Crippen molar-refractivity contribution in [2.75, 3.05) is 38.3 Å². The van der Waals surface area contributed by atoms with Crippen molar-refractivity contribution in [2.45, 2.75) is 27.3 Å². The van der Waals surface area contributed by atoms with Crippen LogP contribution in [0.5, 0.6) is 0 Å². The SMILES string of the molecule is CCOCCN(CC)c1ccc(CNC)c(C)c1. The lowest BCUT2D eigenvalue weighted by Gasteiger charge is -2.24. The number of anilines is 1. The first-order chi connectivity index (χ1) is 8.72. The van der Waals surface area contributed by atoms with Crippen LogP contribution in [0.15, 0.2) is 18.2 Å². The number of hydrogen-bond acceptors (Lipinski definition) is 3. The van der Waals surface area contributed by atoms with Crippen molar-refractivity contribution in [3.05, 3.63) is 29.3 Å². The summed E-state index contributed by atoms with van der Waals surface area (Å²) in [7, 11) is 1.98. The third-order valence-electron chi connectivity index (χ3n) is 3.15. The fourth-order valence-electron chi connectivity index (χ4n) is 2.05. The molecule has 0 bridgehead atoms. The van der Waals surface area contributed by atoms with E-state index in [9.17, 15) is 0 Å². The molecule has 0 heterocycles. The van der Waals surface area contributed by atoms with Gasteiger partial charge >= 0.3 is 0 Å². The van der Waals surface area contributed by atoms with Crippen LogP contribution >= 0.6 is 0 Å². The monoisotopic (exact) mass is 250 g/mol. The molecular formula is C15H26N2O. The maximum atomic E-state index is 5.43. The minimum absolute atomic E-state index is 0.789. The van der Waals surface area contributed by atoms with Gasteiger partial charge in [-0.05, 0) is 51.1 Å². The van der Waals surface area contributed by atoms with Gasteiger partial charge in [-0.3, -0.25) is 0 Å². The summed E-state index contributed by atoms with van der Waals surface area (Å²) in [5, 5.41) is 3.20. The van der Waals surface area contributed by atoms with E-state index in [-0.39, 0.29) is 0 Å². The number of ether oxygens (including phenoxy) is 1. The number of aryl methyl sites for hydroxylation is 1. The highest BCUT2D eigenvalue weighted by Crippen LogP contribution is 2.19. The second-order valence-corrected chi connectivity index (χ2v) is 4.42. The number of nitrogens with one attached hydrogen (secondary N) is 1. The average Bonchev–Trinajstić information content (AvgIpc) is 2.37. The highest BCUT2D eigenvalue weighted by molar-refractivity contribution is 5.50. The van der Waals surface area contributed by atoms with Crippen LogP contribution in [-0.4, -0.2) is 33.4 Å². The van der Waals surface area contributed by atoms with E-state index in [1.807, 2.05) is 14.0 Å². The van der Waals surface area contributed by atoms with Gasteiger partial charge in [-0.15, -0.1) is 0 Å². The largest absolute Gasteiger partial charge is 0.380 e. The fraction of sp³-hybridized carbons (Fsp3) is 0.600. The number of likely N-dealkylation sites (N-methyl/N-ethyl adjacent to an activating group) is 1. The van der Waals surface area contributed by atoms with Gasteiger partial charge in [0.15, 0.2) is 0 Å². The maximum Gasteiger partial charge on any atom is 0.0641 e. The number of rotatable bonds is 8. The third kappa shape index (κ3) is 4.31. The van der Waals surface area contributed by atoms with E-state index in [1.54, 1.807) is 0 Å². The van der Waals surface area contributed by atoms with Gasteiger partial charge in [-0.2, -0.15) is 0 Å². The molecule has 3 heteroatoms. The number of hydrogen-bond donors (Lipinski definition) is 1. The first-order valence-corrected chi connectivity index (χ1v) is 6.79. The molecule has 0 unspecified atom stereocenters. The molecule has 0 saturated heterocycles. The molecule has 102 valence electrons. The minimum Gasteiger partial charge on any atom is -0.380 e. The quantitative estimate of drug-likeness (QED) is 0.718. The van der Waals surface area contributed by atoms with Gasteiger partial charge in [0.1, 0.15) is 0 Å². The summed E-state index contributed by atoms with van der Waals surface area (Å²) in [6.45, 7) is 10.9. The van der Waals surface area contributed by atoms with E-state index in [0.29, 0.717) is 0 Å². The van der Waals surface area contributed by atoms with Crippen LogP contribution in [0.25, 0.3) is 0 Å². The van der Waals surface area contributed by atoms with Crippen molar-refractivity contribution < 1.29 is 4.74 Å². The molecular weight excluding hydrogens is 224 g/mol. The molecule has 1 rings (SSSR count). The maximum absolute atomic E-state index is 5.43. The Bertz CT molecular complexity index is 352. The lowest BCUT2D eigenvalue weighted by molar-refractivity contribution is 0.154. The molecule has 0 aromatic heterocycles. The van der Waals surface area contributed by atoms with Gasteiger partial charge in [-0.1, -0.05) is 6.07 Å². The smallest absolute Gasteiger partial charge is 0.0641 e. The second kappa shape index (κ2) is 8.11. The van der Waals surface area contributed by atoms with E-state index < -0.39 is 0 Å². The minimum atomic E-state index is 0.789. The Balaban J connectivity index is 2.71. The van der Waals surface area contributed by atoms with Crippen LogP contribution < -0.4 is 10.2 Å². The topological polar surface area (TPSA) is 24.5 Å². The van der Waals surface area contributed by atoms with E-state index in [0.717, 1.165) is 32.8 Å². The fourth-order valence-corrected chi connectivity index (χ4v) is 2.05. The Morgan fingerprint density at radius 2 is 2.06 bits per heavy atom. The van der Waals surface area contributed by atoms with Crippen LogP contribution in [0.2, 0.25) is 0 Å². The molecule has 0 saturated carbocycles. The summed E-state index contributed by atoms with van der Waals surface area (Å²) in [4.78, 5) is 2.35. The normalized spacial score (nSPS) is 10.7. The van der Waals surface area contributed by atoms with Crippen molar-refractivity contribution in [3.63, 3.8) is 0 Å². The molecule has 1 N–H and O–H groups in total. The van der Waals surface area contributed by atoms with E-state index >= 15 is 0 Å². The number of benzene rings is 1. The average molecular weight is 250 g/mol. The van der Waals surface area contributed by atoms with E-state index in [1.165, 1.54) is 16.8 Å². The van der Waals surface area contributed by atoms with Crippen molar-refractivity contribution >= 4 is 5.69 Å². The molecule has 0 aliphatic carbocycles. The zero-order valence-corrected chi connectivity index (χ0v) is 12.1. The zero-order chi connectivity index (χ0) is 13.4. The highest BCUT2D eigenvalue weighted by Gasteiger charge is 2.06. The Morgan fingerprint density at radius 1 is 1.28 bits per heavy atom. The molecule has 18 heavy (non-hydrogen) atoms. The molecule has 3 nitrogen and oxygen atoms in total. The van der Waals surface area contributed by atoms with Gasteiger partial charge in [0.05, 0.1) is 6.61 Å². The molecule has 1 aromatic carbocycles. The standard InChI is InChI=1S/C15H26N2O/c1-5-17(9-10-18-6-2)15-8-7-14(12-16-4)13(3)11-15/h7-8,11,16H,5-6,9-10,12H2,1-4H3. The Hall–Kier alpha value is -1.06. The van der Waals surface area contributed by atoms with Crippen LogP contribution in [-0.2, 0) is 11.3 Å². The Labute approximate surface area is 111 Å². The molecule has 0 aliphatic heterocycles. The Kier molecular flexibility index (Phi) is 6.76. The van der Waals surface area contributed by atoms with Crippen molar-refractivity contribution in [3.8, 4) is 0 Å². The van der Waals surface area contributed by atoms with Gasteiger partial charge in [-0.25, -0.2) is 0 Å². The predicted molar refractivity (Wildman–Crippen MR) is 78.3 cm³/mol. The van der Waals surface area contributed by atoms with Crippen LogP contribution in [0.3, 0.4) is 0 Å². The molecule has 1 aromatic rings. The predicted octanol–water partition coefficient (Wildman–Crippen LogP) is 2.58.